The van der Waals surface area contributed by atoms with Crippen LogP contribution in [0, 0.1) is 5.82 Å². The van der Waals surface area contributed by atoms with Gasteiger partial charge in [0.1, 0.15) is 12.4 Å². The van der Waals surface area contributed by atoms with Gasteiger partial charge in [-0.15, -0.1) is 0 Å². The Balaban J connectivity index is 2.01. The third kappa shape index (κ3) is 5.18. The Morgan fingerprint density at radius 2 is 1.78 bits per heavy atom. The summed E-state index contributed by atoms with van der Waals surface area (Å²) in [7, 11) is 0. The van der Waals surface area contributed by atoms with E-state index in [1.54, 1.807) is 12.1 Å². The molecule has 1 saturated heterocycles. The predicted octanol–water partition coefficient (Wildman–Crippen LogP) is 2.10. The number of carbonyl (C=O) groups is 1. The summed E-state index contributed by atoms with van der Waals surface area (Å²) in [5.41, 5.74) is 0.174. The van der Waals surface area contributed by atoms with Gasteiger partial charge in [0.15, 0.2) is 0 Å². The Morgan fingerprint density at radius 3 is 2.35 bits per heavy atom. The largest absolute Gasteiger partial charge is 0.405 e. The molecule has 0 atom stereocenters. The Kier molecular flexibility index (Phi) is 5.59. The first-order chi connectivity index (χ1) is 10.8. The highest BCUT2D eigenvalue weighted by molar-refractivity contribution is 5.78. The summed E-state index contributed by atoms with van der Waals surface area (Å²) in [6.45, 7) is -0.712. The maximum atomic E-state index is 13.1. The first kappa shape index (κ1) is 17.7. The average molecular weight is 334 g/mol. The highest BCUT2D eigenvalue weighted by Gasteiger charge is 2.35. The van der Waals surface area contributed by atoms with E-state index in [4.69, 9.17) is 4.74 Å². The van der Waals surface area contributed by atoms with Gasteiger partial charge in [-0.1, -0.05) is 12.1 Å². The number of carbonyl (C=O) groups excluding carboxylic acids is 1. The van der Waals surface area contributed by atoms with Crippen molar-refractivity contribution >= 4 is 5.91 Å². The van der Waals surface area contributed by atoms with Crippen LogP contribution < -0.4 is 10.6 Å². The zero-order valence-electron chi connectivity index (χ0n) is 12.4. The molecule has 2 rings (SSSR count). The van der Waals surface area contributed by atoms with E-state index in [9.17, 15) is 22.4 Å². The topological polar surface area (TPSA) is 50.4 Å². The Bertz CT molecular complexity index is 525. The van der Waals surface area contributed by atoms with E-state index >= 15 is 0 Å². The van der Waals surface area contributed by atoms with Gasteiger partial charge in [-0.3, -0.25) is 10.1 Å². The molecule has 23 heavy (non-hydrogen) atoms. The summed E-state index contributed by atoms with van der Waals surface area (Å²) in [4.78, 5) is 11.6. The molecule has 0 aliphatic carbocycles. The summed E-state index contributed by atoms with van der Waals surface area (Å²) in [6.07, 6.45) is -3.35. The summed E-state index contributed by atoms with van der Waals surface area (Å²) >= 11 is 0. The summed E-state index contributed by atoms with van der Waals surface area (Å²) < 4.78 is 54.7. The minimum atomic E-state index is -4.44. The lowest BCUT2D eigenvalue weighted by Gasteiger charge is -2.38. The van der Waals surface area contributed by atoms with E-state index in [1.165, 1.54) is 12.1 Å². The molecule has 1 aromatic rings. The molecule has 1 fully saturated rings. The number of benzene rings is 1. The van der Waals surface area contributed by atoms with Crippen molar-refractivity contribution in [2.75, 3.05) is 26.3 Å². The van der Waals surface area contributed by atoms with Crippen LogP contribution in [0.3, 0.4) is 0 Å². The summed E-state index contributed by atoms with van der Waals surface area (Å²) in [6, 6.07) is 5.86. The smallest absolute Gasteiger partial charge is 0.381 e. The molecule has 1 heterocycles. The molecule has 0 bridgehead atoms. The van der Waals surface area contributed by atoms with Crippen LogP contribution >= 0.6 is 0 Å². The molecule has 128 valence electrons. The van der Waals surface area contributed by atoms with Crippen molar-refractivity contribution in [3.63, 3.8) is 0 Å². The van der Waals surface area contributed by atoms with Gasteiger partial charge in [0, 0.05) is 18.8 Å². The van der Waals surface area contributed by atoms with Crippen molar-refractivity contribution in [1.29, 1.82) is 0 Å². The lowest BCUT2D eigenvalue weighted by atomic mass is 9.82. The molecule has 1 aliphatic heterocycles. The van der Waals surface area contributed by atoms with E-state index in [-0.39, 0.29) is 12.4 Å². The van der Waals surface area contributed by atoms with Gasteiger partial charge in [0.05, 0.1) is 6.54 Å². The normalized spacial score (nSPS) is 17.7. The van der Waals surface area contributed by atoms with Crippen LogP contribution in [0.15, 0.2) is 24.3 Å². The van der Waals surface area contributed by atoms with Gasteiger partial charge >= 0.3 is 6.18 Å². The van der Waals surface area contributed by atoms with Gasteiger partial charge in [-0.25, -0.2) is 4.39 Å². The molecular weight excluding hydrogens is 316 g/mol. The van der Waals surface area contributed by atoms with Gasteiger partial charge in [0.25, 0.3) is 0 Å². The standard InChI is InChI=1S/C15H18F4N2O2/c16-12-3-1-11(2-4-12)14(5-7-23-8-6-14)21-9-13(22)20-10-15(17,18)19/h1-4,21H,5-10H2,(H,20,22). The van der Waals surface area contributed by atoms with Crippen molar-refractivity contribution in [3.8, 4) is 0 Å². The number of halogens is 4. The third-order valence-electron chi connectivity index (χ3n) is 3.82. The van der Waals surface area contributed by atoms with E-state index in [1.807, 2.05) is 5.32 Å². The summed E-state index contributed by atoms with van der Waals surface area (Å²) in [5, 5.41) is 4.85. The molecular formula is C15H18F4N2O2. The Morgan fingerprint density at radius 1 is 1.17 bits per heavy atom. The lowest BCUT2D eigenvalue weighted by molar-refractivity contribution is -0.138. The fraction of sp³-hybridized carbons (Fsp3) is 0.533. The van der Waals surface area contributed by atoms with E-state index in [0.29, 0.717) is 26.1 Å². The van der Waals surface area contributed by atoms with Crippen LogP contribution in [0.2, 0.25) is 0 Å². The van der Waals surface area contributed by atoms with Gasteiger partial charge < -0.3 is 10.1 Å². The monoisotopic (exact) mass is 334 g/mol. The molecule has 1 amide bonds. The summed E-state index contributed by atoms with van der Waals surface area (Å²) in [5.74, 6) is -1.12. The molecule has 1 aromatic carbocycles. The zero-order valence-corrected chi connectivity index (χ0v) is 12.4. The molecule has 0 aromatic heterocycles. The molecule has 1 aliphatic rings. The first-order valence-electron chi connectivity index (χ1n) is 7.23. The average Bonchev–Trinajstić information content (AvgIpc) is 2.52. The lowest BCUT2D eigenvalue weighted by Crippen LogP contribution is -2.50. The van der Waals surface area contributed by atoms with Crippen LogP contribution in [0.1, 0.15) is 18.4 Å². The second kappa shape index (κ2) is 7.27. The van der Waals surface area contributed by atoms with Crippen LogP contribution in [-0.2, 0) is 15.1 Å². The number of alkyl halides is 3. The van der Waals surface area contributed by atoms with Crippen LogP contribution in [0.4, 0.5) is 17.6 Å². The number of ether oxygens (including phenoxy) is 1. The maximum absolute atomic E-state index is 13.1. The highest BCUT2D eigenvalue weighted by Crippen LogP contribution is 2.32. The highest BCUT2D eigenvalue weighted by atomic mass is 19.4. The zero-order chi connectivity index (χ0) is 16.9. The fourth-order valence-corrected chi connectivity index (χ4v) is 2.57. The molecule has 0 saturated carbocycles. The van der Waals surface area contributed by atoms with E-state index < -0.39 is 24.2 Å². The third-order valence-corrected chi connectivity index (χ3v) is 3.82. The number of rotatable bonds is 5. The predicted molar refractivity (Wildman–Crippen MR) is 75.2 cm³/mol. The van der Waals surface area contributed by atoms with E-state index in [0.717, 1.165) is 5.56 Å². The minimum absolute atomic E-state index is 0.256. The van der Waals surface area contributed by atoms with Crippen molar-refractivity contribution < 1.29 is 27.1 Å². The van der Waals surface area contributed by atoms with Crippen molar-refractivity contribution in [2.24, 2.45) is 0 Å². The van der Waals surface area contributed by atoms with Gasteiger partial charge in [-0.2, -0.15) is 13.2 Å². The molecule has 8 heteroatoms. The number of hydrogen-bond acceptors (Lipinski definition) is 3. The van der Waals surface area contributed by atoms with Crippen molar-refractivity contribution in [3.05, 3.63) is 35.6 Å². The van der Waals surface area contributed by atoms with Gasteiger partial charge in [-0.05, 0) is 30.5 Å². The first-order valence-corrected chi connectivity index (χ1v) is 7.23. The van der Waals surface area contributed by atoms with Crippen molar-refractivity contribution in [2.45, 2.75) is 24.6 Å². The number of hydrogen-bond donors (Lipinski definition) is 2. The maximum Gasteiger partial charge on any atom is 0.405 e. The van der Waals surface area contributed by atoms with Crippen LogP contribution in [-0.4, -0.2) is 38.4 Å². The van der Waals surface area contributed by atoms with Crippen LogP contribution in [0.25, 0.3) is 0 Å². The molecule has 0 unspecified atom stereocenters. The quantitative estimate of drug-likeness (QED) is 0.811. The fourth-order valence-electron chi connectivity index (χ4n) is 2.57. The number of nitrogens with one attached hydrogen (secondary N) is 2. The SMILES string of the molecule is O=C(CNC1(c2ccc(F)cc2)CCOCC1)NCC(F)(F)F. The molecule has 0 spiro atoms. The Hall–Kier alpha value is -1.67. The van der Waals surface area contributed by atoms with E-state index in [2.05, 4.69) is 5.32 Å². The molecule has 4 nitrogen and oxygen atoms in total. The van der Waals surface area contributed by atoms with Crippen molar-refractivity contribution in [1.82, 2.24) is 10.6 Å². The number of amides is 1. The Labute approximate surface area is 131 Å². The molecule has 0 radical (unpaired) electrons. The second-order valence-electron chi connectivity index (χ2n) is 5.45. The van der Waals surface area contributed by atoms with Gasteiger partial charge in [0.2, 0.25) is 5.91 Å². The molecule has 2 N–H and O–H groups in total. The second-order valence-corrected chi connectivity index (χ2v) is 5.45. The minimum Gasteiger partial charge on any atom is -0.381 e. The van der Waals surface area contributed by atoms with Crippen LogP contribution in [0.5, 0.6) is 0 Å².